The summed E-state index contributed by atoms with van der Waals surface area (Å²) in [6.07, 6.45) is 4.07. The molecule has 1 amide bonds. The van der Waals surface area contributed by atoms with Gasteiger partial charge in [0.1, 0.15) is 5.75 Å². The summed E-state index contributed by atoms with van der Waals surface area (Å²) < 4.78 is 24.5. The van der Waals surface area contributed by atoms with E-state index in [1.807, 2.05) is 37.3 Å². The Morgan fingerprint density at radius 1 is 1.29 bits per heavy atom. The number of rotatable bonds is 7. The number of aryl methyl sites for hydroxylation is 1. The van der Waals surface area contributed by atoms with E-state index in [9.17, 15) is 13.2 Å². The normalized spacial score (nSPS) is 19.9. The minimum Gasteiger partial charge on any atom is -0.337 e. The fourth-order valence-corrected chi connectivity index (χ4v) is 4.57. The van der Waals surface area contributed by atoms with Gasteiger partial charge in [0.2, 0.25) is 5.91 Å². The van der Waals surface area contributed by atoms with Crippen molar-refractivity contribution in [3.8, 4) is 0 Å². The van der Waals surface area contributed by atoms with Crippen LogP contribution in [0.3, 0.4) is 0 Å². The van der Waals surface area contributed by atoms with Crippen LogP contribution < -0.4 is 5.73 Å². The molecule has 1 aromatic rings. The van der Waals surface area contributed by atoms with Crippen LogP contribution in [0.25, 0.3) is 0 Å². The van der Waals surface area contributed by atoms with Crippen LogP contribution in [0.1, 0.15) is 38.2 Å². The highest BCUT2D eigenvalue weighted by Crippen LogP contribution is 2.19. The van der Waals surface area contributed by atoms with Crippen LogP contribution in [0.5, 0.6) is 0 Å². The molecule has 1 heterocycles. The van der Waals surface area contributed by atoms with E-state index in [0.29, 0.717) is 19.4 Å². The Morgan fingerprint density at radius 2 is 2.00 bits per heavy atom. The lowest BCUT2D eigenvalue weighted by Crippen LogP contribution is -2.53. The number of hydrogen-bond acceptors (Lipinski definition) is 4. The molecule has 24 heavy (non-hydrogen) atoms. The predicted octanol–water partition coefficient (Wildman–Crippen LogP) is 1.76. The van der Waals surface area contributed by atoms with Crippen LogP contribution in [0.15, 0.2) is 30.3 Å². The number of likely N-dealkylation sites (tertiary alicyclic amines) is 1. The van der Waals surface area contributed by atoms with Gasteiger partial charge in [-0.15, -0.1) is 0 Å². The third kappa shape index (κ3) is 5.60. The molecule has 2 rings (SSSR count). The summed E-state index contributed by atoms with van der Waals surface area (Å²) in [4.78, 5) is 14.1. The molecular formula is C18H28N2O3S. The maximum Gasteiger partial charge on any atom is 0.238 e. The van der Waals surface area contributed by atoms with Crippen molar-refractivity contribution in [1.82, 2.24) is 4.90 Å². The van der Waals surface area contributed by atoms with Gasteiger partial charge in [0.25, 0.3) is 0 Å². The van der Waals surface area contributed by atoms with E-state index < -0.39 is 15.6 Å². The number of sulfone groups is 1. The van der Waals surface area contributed by atoms with Crippen LogP contribution in [0.2, 0.25) is 0 Å². The van der Waals surface area contributed by atoms with Gasteiger partial charge in [0.15, 0.2) is 9.84 Å². The van der Waals surface area contributed by atoms with E-state index in [1.165, 1.54) is 0 Å². The number of benzene rings is 1. The topological polar surface area (TPSA) is 80.5 Å². The number of hydrogen-bond donors (Lipinski definition) is 1. The van der Waals surface area contributed by atoms with E-state index in [1.54, 1.807) is 4.90 Å². The maximum atomic E-state index is 12.5. The Bertz CT molecular complexity index is 629. The number of nitrogens with zero attached hydrogens (tertiary/aromatic N) is 1. The summed E-state index contributed by atoms with van der Waals surface area (Å²) in [5, 5.41) is 0. The molecule has 0 spiro atoms. The summed E-state index contributed by atoms with van der Waals surface area (Å²) in [5.74, 6) is -0.647. The Balaban J connectivity index is 1.87. The number of amides is 1. The largest absolute Gasteiger partial charge is 0.337 e. The molecule has 5 nitrogen and oxygen atoms in total. The molecule has 0 bridgehead atoms. The van der Waals surface area contributed by atoms with Crippen molar-refractivity contribution in [1.29, 1.82) is 0 Å². The van der Waals surface area contributed by atoms with Crippen LogP contribution in [0, 0.1) is 0 Å². The third-order valence-corrected chi connectivity index (χ3v) is 6.18. The van der Waals surface area contributed by atoms with Crippen molar-refractivity contribution in [3.05, 3.63) is 35.9 Å². The van der Waals surface area contributed by atoms with Gasteiger partial charge in [-0.1, -0.05) is 30.3 Å². The Kier molecular flexibility index (Phi) is 6.80. The first-order chi connectivity index (χ1) is 11.4. The average molecular weight is 353 g/mol. The molecule has 0 aliphatic carbocycles. The lowest BCUT2D eigenvalue weighted by molar-refractivity contribution is -0.132. The third-order valence-electron chi connectivity index (χ3n) is 4.58. The average Bonchev–Trinajstić information content (AvgIpc) is 2.55. The molecule has 2 N–H and O–H groups in total. The summed E-state index contributed by atoms with van der Waals surface area (Å²) in [6.45, 7) is 2.50. The van der Waals surface area contributed by atoms with Gasteiger partial charge >= 0.3 is 0 Å². The van der Waals surface area contributed by atoms with E-state index in [2.05, 4.69) is 0 Å². The SMILES string of the molecule is CC(N)C1CCCCN1C(=O)CS(=O)(=O)CCCc1ccccc1. The molecule has 1 aromatic carbocycles. The molecule has 134 valence electrons. The van der Waals surface area contributed by atoms with E-state index in [-0.39, 0.29) is 23.7 Å². The van der Waals surface area contributed by atoms with Crippen molar-refractivity contribution >= 4 is 15.7 Å². The van der Waals surface area contributed by atoms with E-state index >= 15 is 0 Å². The first-order valence-electron chi connectivity index (χ1n) is 8.68. The number of nitrogens with two attached hydrogens (primary N) is 1. The zero-order chi connectivity index (χ0) is 17.6. The standard InChI is InChI=1S/C18H28N2O3S/c1-15(19)17-11-5-6-12-20(17)18(21)14-24(22,23)13-7-10-16-8-3-2-4-9-16/h2-4,8-9,15,17H,5-7,10-14,19H2,1H3. The molecule has 0 radical (unpaired) electrons. The minimum absolute atomic E-state index is 0.0363. The summed E-state index contributed by atoms with van der Waals surface area (Å²) in [5.41, 5.74) is 7.08. The molecule has 0 aromatic heterocycles. The Morgan fingerprint density at radius 3 is 2.67 bits per heavy atom. The fraction of sp³-hybridized carbons (Fsp3) is 0.611. The van der Waals surface area contributed by atoms with E-state index in [0.717, 1.165) is 24.8 Å². The monoisotopic (exact) mass is 352 g/mol. The molecule has 1 aliphatic heterocycles. The lowest BCUT2D eigenvalue weighted by atomic mass is 9.97. The summed E-state index contributed by atoms with van der Waals surface area (Å²) in [7, 11) is -3.38. The van der Waals surface area contributed by atoms with Crippen LogP contribution >= 0.6 is 0 Å². The number of carbonyl (C=O) groups is 1. The molecule has 1 fully saturated rings. The summed E-state index contributed by atoms with van der Waals surface area (Å²) >= 11 is 0. The van der Waals surface area contributed by atoms with Gasteiger partial charge in [0.05, 0.1) is 5.75 Å². The highest BCUT2D eigenvalue weighted by molar-refractivity contribution is 7.92. The number of piperidine rings is 1. The van der Waals surface area contributed by atoms with Gasteiger partial charge in [-0.05, 0) is 44.6 Å². The first kappa shape index (κ1) is 18.9. The quantitative estimate of drug-likeness (QED) is 0.811. The van der Waals surface area contributed by atoms with Crippen LogP contribution in [-0.4, -0.2) is 49.4 Å². The molecular weight excluding hydrogens is 324 g/mol. The van der Waals surface area contributed by atoms with Crippen molar-refractivity contribution in [3.63, 3.8) is 0 Å². The van der Waals surface area contributed by atoms with Gasteiger partial charge in [-0.25, -0.2) is 8.42 Å². The Labute approximate surface area is 145 Å². The zero-order valence-corrected chi connectivity index (χ0v) is 15.2. The molecule has 1 saturated heterocycles. The molecule has 2 atom stereocenters. The summed E-state index contributed by atoms with van der Waals surface area (Å²) in [6, 6.07) is 9.63. The second kappa shape index (κ2) is 8.62. The predicted molar refractivity (Wildman–Crippen MR) is 96.4 cm³/mol. The van der Waals surface area contributed by atoms with Crippen molar-refractivity contribution in [2.75, 3.05) is 18.1 Å². The van der Waals surface area contributed by atoms with Gasteiger partial charge in [0, 0.05) is 18.6 Å². The first-order valence-corrected chi connectivity index (χ1v) is 10.5. The molecule has 1 aliphatic rings. The zero-order valence-electron chi connectivity index (χ0n) is 14.4. The molecule has 0 saturated carbocycles. The Hall–Kier alpha value is -1.40. The highest BCUT2D eigenvalue weighted by atomic mass is 32.2. The van der Waals surface area contributed by atoms with E-state index in [4.69, 9.17) is 5.73 Å². The van der Waals surface area contributed by atoms with Gasteiger partial charge in [-0.2, -0.15) is 0 Å². The second-order valence-electron chi connectivity index (χ2n) is 6.69. The molecule has 6 heteroatoms. The van der Waals surface area contributed by atoms with Crippen LogP contribution in [-0.2, 0) is 21.1 Å². The number of carbonyl (C=O) groups excluding carboxylic acids is 1. The fourth-order valence-electron chi connectivity index (χ4n) is 3.30. The maximum absolute atomic E-state index is 12.5. The molecule has 2 unspecified atom stereocenters. The smallest absolute Gasteiger partial charge is 0.238 e. The van der Waals surface area contributed by atoms with Crippen molar-refractivity contribution < 1.29 is 13.2 Å². The highest BCUT2D eigenvalue weighted by Gasteiger charge is 2.31. The van der Waals surface area contributed by atoms with Gasteiger partial charge in [-0.3, -0.25) is 4.79 Å². The van der Waals surface area contributed by atoms with Crippen LogP contribution in [0.4, 0.5) is 0 Å². The van der Waals surface area contributed by atoms with Crippen molar-refractivity contribution in [2.24, 2.45) is 5.73 Å². The minimum atomic E-state index is -3.38. The second-order valence-corrected chi connectivity index (χ2v) is 8.87. The van der Waals surface area contributed by atoms with Crippen molar-refractivity contribution in [2.45, 2.75) is 51.1 Å². The van der Waals surface area contributed by atoms with Gasteiger partial charge < -0.3 is 10.6 Å². The lowest BCUT2D eigenvalue weighted by Gasteiger charge is -2.38.